The summed E-state index contributed by atoms with van der Waals surface area (Å²) < 4.78 is 1.43. The molecule has 0 unspecified atom stereocenters. The Balaban J connectivity index is 1.64. The molecule has 1 aromatic carbocycles. The monoisotopic (exact) mass is 284 g/mol. The van der Waals surface area contributed by atoms with Gasteiger partial charge in [0, 0.05) is 38.1 Å². The second-order valence-corrected chi connectivity index (χ2v) is 5.56. The SMILES string of the molecule is Cc1cccc(N2CCN(C(=O)n3cc(C)cn3)CC2)c1. The predicted molar refractivity (Wildman–Crippen MR) is 82.7 cm³/mol. The number of aryl methyl sites for hydroxylation is 2. The lowest BCUT2D eigenvalue weighted by atomic mass is 10.2. The van der Waals surface area contributed by atoms with Crippen LogP contribution in [0.3, 0.4) is 0 Å². The maximum absolute atomic E-state index is 12.3. The minimum atomic E-state index is -0.0352. The first kappa shape index (κ1) is 13.7. The van der Waals surface area contributed by atoms with E-state index in [0.717, 1.165) is 31.7 Å². The maximum atomic E-state index is 12.3. The topological polar surface area (TPSA) is 41.4 Å². The molecule has 1 amide bonds. The molecule has 0 atom stereocenters. The molecule has 1 saturated heterocycles. The van der Waals surface area contributed by atoms with Gasteiger partial charge in [-0.1, -0.05) is 12.1 Å². The van der Waals surface area contributed by atoms with Crippen LogP contribution >= 0.6 is 0 Å². The molecule has 1 aromatic heterocycles. The van der Waals surface area contributed by atoms with Crippen LogP contribution in [0, 0.1) is 13.8 Å². The number of rotatable bonds is 1. The van der Waals surface area contributed by atoms with E-state index in [0.29, 0.717) is 0 Å². The Morgan fingerprint density at radius 2 is 1.86 bits per heavy atom. The van der Waals surface area contributed by atoms with Gasteiger partial charge in [-0.05, 0) is 37.1 Å². The highest BCUT2D eigenvalue weighted by atomic mass is 16.2. The van der Waals surface area contributed by atoms with Gasteiger partial charge < -0.3 is 9.80 Å². The van der Waals surface area contributed by atoms with Crippen molar-refractivity contribution in [2.45, 2.75) is 13.8 Å². The third-order valence-corrected chi connectivity index (χ3v) is 3.82. The Morgan fingerprint density at radius 1 is 1.10 bits per heavy atom. The molecule has 1 aliphatic heterocycles. The molecule has 21 heavy (non-hydrogen) atoms. The van der Waals surface area contributed by atoms with Gasteiger partial charge in [-0.25, -0.2) is 4.79 Å². The molecule has 5 nitrogen and oxygen atoms in total. The third-order valence-electron chi connectivity index (χ3n) is 3.82. The summed E-state index contributed by atoms with van der Waals surface area (Å²) in [6.45, 7) is 7.21. The van der Waals surface area contributed by atoms with Crippen molar-refractivity contribution in [3.63, 3.8) is 0 Å². The quantitative estimate of drug-likeness (QED) is 0.807. The lowest BCUT2D eigenvalue weighted by Gasteiger charge is -2.35. The summed E-state index contributed by atoms with van der Waals surface area (Å²) in [5.74, 6) is 0. The number of carbonyl (C=O) groups is 1. The molecule has 0 N–H and O–H groups in total. The first-order valence-corrected chi connectivity index (χ1v) is 7.25. The number of hydrogen-bond acceptors (Lipinski definition) is 3. The second-order valence-electron chi connectivity index (χ2n) is 5.56. The van der Waals surface area contributed by atoms with Gasteiger partial charge in [0.2, 0.25) is 0 Å². The smallest absolute Gasteiger partial charge is 0.344 e. The van der Waals surface area contributed by atoms with E-state index in [2.05, 4.69) is 41.2 Å². The van der Waals surface area contributed by atoms with Crippen molar-refractivity contribution in [3.8, 4) is 0 Å². The molecule has 1 fully saturated rings. The Labute approximate surface area is 124 Å². The van der Waals surface area contributed by atoms with Crippen LogP contribution < -0.4 is 4.90 Å². The molecule has 0 bridgehead atoms. The fraction of sp³-hybridized carbons (Fsp3) is 0.375. The maximum Gasteiger partial charge on any atom is 0.344 e. The van der Waals surface area contributed by atoms with E-state index in [4.69, 9.17) is 0 Å². The molecule has 2 aromatic rings. The zero-order valence-electron chi connectivity index (χ0n) is 12.5. The highest BCUT2D eigenvalue weighted by Crippen LogP contribution is 2.18. The van der Waals surface area contributed by atoms with Crippen LogP contribution in [-0.4, -0.2) is 46.9 Å². The fourth-order valence-corrected chi connectivity index (χ4v) is 2.64. The molecule has 0 aliphatic carbocycles. The Bertz CT molecular complexity index is 641. The highest BCUT2D eigenvalue weighted by molar-refractivity contribution is 5.76. The van der Waals surface area contributed by atoms with Crippen LogP contribution in [0.1, 0.15) is 11.1 Å². The van der Waals surface area contributed by atoms with E-state index >= 15 is 0 Å². The Kier molecular flexibility index (Phi) is 3.64. The summed E-state index contributed by atoms with van der Waals surface area (Å²) in [6.07, 6.45) is 3.48. The van der Waals surface area contributed by atoms with Gasteiger partial charge in [-0.15, -0.1) is 0 Å². The largest absolute Gasteiger partial charge is 0.368 e. The molecular formula is C16H20N4O. The summed E-state index contributed by atoms with van der Waals surface area (Å²) in [4.78, 5) is 16.5. The lowest BCUT2D eigenvalue weighted by molar-refractivity contribution is 0.193. The lowest BCUT2D eigenvalue weighted by Crippen LogP contribution is -2.50. The molecule has 2 heterocycles. The minimum absolute atomic E-state index is 0.0352. The van der Waals surface area contributed by atoms with E-state index in [1.54, 1.807) is 12.4 Å². The fourth-order valence-electron chi connectivity index (χ4n) is 2.64. The van der Waals surface area contributed by atoms with Crippen molar-refractivity contribution in [2.75, 3.05) is 31.1 Å². The van der Waals surface area contributed by atoms with E-state index in [-0.39, 0.29) is 6.03 Å². The van der Waals surface area contributed by atoms with Crippen LogP contribution in [0.5, 0.6) is 0 Å². The molecule has 110 valence electrons. The number of nitrogens with zero attached hydrogens (tertiary/aromatic N) is 4. The van der Waals surface area contributed by atoms with Gasteiger partial charge in [0.25, 0.3) is 0 Å². The number of carbonyl (C=O) groups excluding carboxylic acids is 1. The summed E-state index contributed by atoms with van der Waals surface area (Å²) >= 11 is 0. The average Bonchev–Trinajstić information content (AvgIpc) is 2.93. The Hall–Kier alpha value is -2.30. The number of benzene rings is 1. The third kappa shape index (κ3) is 2.91. The number of anilines is 1. The summed E-state index contributed by atoms with van der Waals surface area (Å²) in [7, 11) is 0. The molecule has 5 heteroatoms. The first-order valence-electron chi connectivity index (χ1n) is 7.25. The summed E-state index contributed by atoms with van der Waals surface area (Å²) in [5, 5.41) is 4.09. The van der Waals surface area contributed by atoms with E-state index in [1.165, 1.54) is 15.9 Å². The van der Waals surface area contributed by atoms with Gasteiger partial charge in [0.15, 0.2) is 0 Å². The van der Waals surface area contributed by atoms with Gasteiger partial charge in [0.05, 0.1) is 6.20 Å². The van der Waals surface area contributed by atoms with Gasteiger partial charge >= 0.3 is 6.03 Å². The van der Waals surface area contributed by atoms with Crippen LogP contribution in [0.2, 0.25) is 0 Å². The van der Waals surface area contributed by atoms with Crippen molar-refractivity contribution in [1.29, 1.82) is 0 Å². The molecular weight excluding hydrogens is 264 g/mol. The molecule has 1 aliphatic rings. The zero-order chi connectivity index (χ0) is 14.8. The van der Waals surface area contributed by atoms with Crippen LogP contribution in [0.4, 0.5) is 10.5 Å². The van der Waals surface area contributed by atoms with Crippen LogP contribution in [0.15, 0.2) is 36.7 Å². The van der Waals surface area contributed by atoms with Crippen LogP contribution in [-0.2, 0) is 0 Å². The first-order chi connectivity index (χ1) is 10.1. The van der Waals surface area contributed by atoms with Crippen molar-refractivity contribution in [3.05, 3.63) is 47.8 Å². The Morgan fingerprint density at radius 3 is 2.48 bits per heavy atom. The van der Waals surface area contributed by atoms with E-state index < -0.39 is 0 Å². The van der Waals surface area contributed by atoms with Crippen molar-refractivity contribution < 1.29 is 4.79 Å². The average molecular weight is 284 g/mol. The normalized spacial score (nSPS) is 15.3. The summed E-state index contributed by atoms with van der Waals surface area (Å²) in [5.41, 5.74) is 3.50. The van der Waals surface area contributed by atoms with Gasteiger partial charge in [-0.3, -0.25) is 0 Å². The number of aromatic nitrogens is 2. The van der Waals surface area contributed by atoms with E-state index in [1.807, 2.05) is 11.8 Å². The van der Waals surface area contributed by atoms with Crippen molar-refractivity contribution in [2.24, 2.45) is 0 Å². The zero-order valence-corrected chi connectivity index (χ0v) is 12.5. The molecule has 0 saturated carbocycles. The van der Waals surface area contributed by atoms with E-state index in [9.17, 15) is 4.79 Å². The molecule has 0 spiro atoms. The number of piperazine rings is 1. The van der Waals surface area contributed by atoms with Gasteiger partial charge in [0.1, 0.15) is 0 Å². The minimum Gasteiger partial charge on any atom is -0.368 e. The van der Waals surface area contributed by atoms with Gasteiger partial charge in [-0.2, -0.15) is 9.78 Å². The predicted octanol–water partition coefficient (Wildman–Crippen LogP) is 2.29. The standard InChI is InChI=1S/C16H20N4O/c1-13-4-3-5-15(10-13)18-6-8-19(9-7-18)16(21)20-12-14(2)11-17-20/h3-5,10-12H,6-9H2,1-2H3. The number of hydrogen-bond donors (Lipinski definition) is 0. The van der Waals surface area contributed by atoms with Crippen molar-refractivity contribution >= 4 is 11.7 Å². The molecule has 0 radical (unpaired) electrons. The summed E-state index contributed by atoms with van der Waals surface area (Å²) in [6, 6.07) is 8.46. The van der Waals surface area contributed by atoms with Crippen molar-refractivity contribution in [1.82, 2.24) is 14.7 Å². The highest BCUT2D eigenvalue weighted by Gasteiger charge is 2.22. The molecule has 3 rings (SSSR count). The second kappa shape index (κ2) is 5.60. The van der Waals surface area contributed by atoms with Crippen LogP contribution in [0.25, 0.3) is 0 Å². The number of amides is 1.